The van der Waals surface area contributed by atoms with Crippen LogP contribution in [0.1, 0.15) is 30.8 Å². The molecule has 0 fully saturated rings. The number of aromatic nitrogens is 3. The van der Waals surface area contributed by atoms with E-state index in [1.165, 1.54) is 0 Å². The van der Waals surface area contributed by atoms with Crippen LogP contribution < -0.4 is 4.90 Å². The molecule has 0 aromatic carbocycles. The Bertz CT molecular complexity index is 596. The van der Waals surface area contributed by atoms with Crippen molar-refractivity contribution < 1.29 is 5.11 Å². The van der Waals surface area contributed by atoms with Crippen LogP contribution >= 0.6 is 11.6 Å². The normalized spacial score (nSPS) is 16.1. The molecule has 2 aromatic heterocycles. The van der Waals surface area contributed by atoms with E-state index in [0.29, 0.717) is 11.4 Å². The van der Waals surface area contributed by atoms with Gasteiger partial charge in [0.05, 0.1) is 35.6 Å². The highest BCUT2D eigenvalue weighted by Crippen LogP contribution is 2.23. The Morgan fingerprint density at radius 2 is 2.25 bits per heavy atom. The number of nitrogens with zero attached hydrogens (tertiary/aromatic N) is 4. The summed E-state index contributed by atoms with van der Waals surface area (Å²) in [5, 5.41) is 15.0. The van der Waals surface area contributed by atoms with Crippen molar-refractivity contribution in [3.63, 3.8) is 0 Å². The summed E-state index contributed by atoms with van der Waals surface area (Å²) in [6.45, 7) is 4.35. The number of fused-ring (bicyclic) bond motifs is 1. The van der Waals surface area contributed by atoms with Crippen LogP contribution in [0.25, 0.3) is 0 Å². The molecule has 0 saturated heterocycles. The van der Waals surface area contributed by atoms with Gasteiger partial charge in [-0.25, -0.2) is 4.98 Å². The molecule has 106 valence electrons. The van der Waals surface area contributed by atoms with Gasteiger partial charge in [0.1, 0.15) is 5.82 Å². The summed E-state index contributed by atoms with van der Waals surface area (Å²) in [7, 11) is 0. The van der Waals surface area contributed by atoms with Crippen molar-refractivity contribution in [2.75, 3.05) is 11.4 Å². The van der Waals surface area contributed by atoms with Gasteiger partial charge in [-0.15, -0.1) is 0 Å². The van der Waals surface area contributed by atoms with Gasteiger partial charge in [0, 0.05) is 12.7 Å². The number of hydrogen-bond acceptors (Lipinski definition) is 4. The number of halogens is 1. The van der Waals surface area contributed by atoms with Crippen molar-refractivity contribution in [2.45, 2.75) is 32.5 Å². The summed E-state index contributed by atoms with van der Waals surface area (Å²) in [5.74, 6) is 0.916. The maximum absolute atomic E-state index is 9.88. The molecule has 1 aliphatic rings. The molecule has 1 N–H and O–H groups in total. The molecule has 1 atom stereocenters. The first-order chi connectivity index (χ1) is 9.67. The Hall–Kier alpha value is -1.59. The van der Waals surface area contributed by atoms with E-state index in [4.69, 9.17) is 11.6 Å². The quantitative estimate of drug-likeness (QED) is 0.944. The third kappa shape index (κ3) is 2.51. The highest BCUT2D eigenvalue weighted by atomic mass is 35.5. The summed E-state index contributed by atoms with van der Waals surface area (Å²) >= 11 is 5.86. The second-order valence-corrected chi connectivity index (χ2v) is 5.40. The van der Waals surface area contributed by atoms with Gasteiger partial charge >= 0.3 is 0 Å². The fourth-order valence-corrected chi connectivity index (χ4v) is 2.52. The average molecular weight is 293 g/mol. The number of aliphatic hydroxyl groups is 1. The first kappa shape index (κ1) is 13.4. The zero-order valence-electron chi connectivity index (χ0n) is 11.3. The largest absolute Gasteiger partial charge is 0.387 e. The lowest BCUT2D eigenvalue weighted by atomic mass is 10.2. The molecule has 20 heavy (non-hydrogen) atoms. The number of pyridine rings is 1. The van der Waals surface area contributed by atoms with E-state index in [-0.39, 0.29) is 0 Å². The average Bonchev–Trinajstić information content (AvgIpc) is 2.90. The van der Waals surface area contributed by atoms with Gasteiger partial charge < -0.3 is 10.0 Å². The van der Waals surface area contributed by atoms with Gasteiger partial charge in [0.2, 0.25) is 0 Å². The van der Waals surface area contributed by atoms with Crippen molar-refractivity contribution in [2.24, 2.45) is 0 Å². The number of aliphatic hydroxyl groups excluding tert-OH is 1. The number of anilines is 1. The highest BCUT2D eigenvalue weighted by Gasteiger charge is 2.21. The molecule has 0 spiro atoms. The van der Waals surface area contributed by atoms with Crippen LogP contribution in [0.2, 0.25) is 5.02 Å². The Balaban J connectivity index is 1.81. The fraction of sp³-hybridized carbons (Fsp3) is 0.429. The summed E-state index contributed by atoms with van der Waals surface area (Å²) in [5.41, 5.74) is 1.86. The minimum atomic E-state index is -0.477. The maximum Gasteiger partial charge on any atom is 0.128 e. The SMILES string of the molecule is CCC(O)c1cc2n(n1)CCN(c1ccc(Cl)cn1)C2. The van der Waals surface area contributed by atoms with E-state index in [2.05, 4.69) is 15.0 Å². The highest BCUT2D eigenvalue weighted by molar-refractivity contribution is 6.30. The summed E-state index contributed by atoms with van der Waals surface area (Å²) in [6.07, 6.45) is 1.86. The minimum absolute atomic E-state index is 0.477. The maximum atomic E-state index is 9.88. The standard InChI is InChI=1S/C14H17ClN4O/c1-2-13(20)12-7-11-9-18(5-6-19(11)17-12)14-4-3-10(15)8-16-14/h3-4,7-8,13,20H,2,5-6,9H2,1H3. The van der Waals surface area contributed by atoms with Crippen LogP contribution in [0.15, 0.2) is 24.4 Å². The third-order valence-electron chi connectivity index (χ3n) is 3.58. The van der Waals surface area contributed by atoms with Gasteiger partial charge in [-0.05, 0) is 24.6 Å². The molecule has 0 amide bonds. The van der Waals surface area contributed by atoms with Crippen LogP contribution in [-0.2, 0) is 13.1 Å². The predicted octanol–water partition coefficient (Wildman–Crippen LogP) is 2.40. The first-order valence-electron chi connectivity index (χ1n) is 6.78. The number of hydrogen-bond donors (Lipinski definition) is 1. The molecule has 3 heterocycles. The fourth-order valence-electron chi connectivity index (χ4n) is 2.41. The molecule has 1 unspecified atom stereocenters. The first-order valence-corrected chi connectivity index (χ1v) is 7.16. The Labute approximate surface area is 122 Å². The second-order valence-electron chi connectivity index (χ2n) is 4.96. The van der Waals surface area contributed by atoms with E-state index in [0.717, 1.165) is 36.8 Å². The Kier molecular flexibility index (Phi) is 3.63. The minimum Gasteiger partial charge on any atom is -0.387 e. The van der Waals surface area contributed by atoms with Crippen LogP contribution in [0.4, 0.5) is 5.82 Å². The monoisotopic (exact) mass is 292 g/mol. The molecule has 0 aliphatic carbocycles. The molecule has 0 saturated carbocycles. The Morgan fingerprint density at radius 3 is 2.95 bits per heavy atom. The zero-order valence-corrected chi connectivity index (χ0v) is 12.1. The molecular weight excluding hydrogens is 276 g/mol. The van der Waals surface area contributed by atoms with Gasteiger partial charge in [0.15, 0.2) is 0 Å². The van der Waals surface area contributed by atoms with Crippen LogP contribution in [0, 0.1) is 0 Å². The van der Waals surface area contributed by atoms with E-state index < -0.39 is 6.10 Å². The van der Waals surface area contributed by atoms with Gasteiger partial charge in [-0.1, -0.05) is 18.5 Å². The molecule has 5 nitrogen and oxygen atoms in total. The van der Waals surface area contributed by atoms with Crippen molar-refractivity contribution in [3.05, 3.63) is 40.8 Å². The lowest BCUT2D eigenvalue weighted by Gasteiger charge is -2.28. The van der Waals surface area contributed by atoms with Crippen molar-refractivity contribution in [1.29, 1.82) is 0 Å². The van der Waals surface area contributed by atoms with Crippen LogP contribution in [0.3, 0.4) is 0 Å². The molecule has 0 bridgehead atoms. The topological polar surface area (TPSA) is 54.2 Å². The lowest BCUT2D eigenvalue weighted by molar-refractivity contribution is 0.168. The molecular formula is C14H17ClN4O. The van der Waals surface area contributed by atoms with E-state index in [9.17, 15) is 5.11 Å². The van der Waals surface area contributed by atoms with Crippen molar-refractivity contribution >= 4 is 17.4 Å². The molecule has 2 aromatic rings. The van der Waals surface area contributed by atoms with Crippen molar-refractivity contribution in [3.8, 4) is 0 Å². The summed E-state index contributed by atoms with van der Waals surface area (Å²) in [4.78, 5) is 6.54. The van der Waals surface area contributed by atoms with Crippen LogP contribution in [-0.4, -0.2) is 26.4 Å². The smallest absolute Gasteiger partial charge is 0.128 e. The Morgan fingerprint density at radius 1 is 1.40 bits per heavy atom. The molecule has 1 aliphatic heterocycles. The van der Waals surface area contributed by atoms with Crippen molar-refractivity contribution in [1.82, 2.24) is 14.8 Å². The van der Waals surface area contributed by atoms with E-state index in [1.54, 1.807) is 6.20 Å². The van der Waals surface area contributed by atoms with Crippen LogP contribution in [0.5, 0.6) is 0 Å². The molecule has 0 radical (unpaired) electrons. The van der Waals surface area contributed by atoms with Gasteiger partial charge in [0.25, 0.3) is 0 Å². The van der Waals surface area contributed by atoms with E-state index >= 15 is 0 Å². The summed E-state index contributed by atoms with van der Waals surface area (Å²) < 4.78 is 1.97. The third-order valence-corrected chi connectivity index (χ3v) is 3.80. The van der Waals surface area contributed by atoms with Gasteiger partial charge in [-0.3, -0.25) is 4.68 Å². The predicted molar refractivity (Wildman–Crippen MR) is 77.8 cm³/mol. The number of rotatable bonds is 3. The molecule has 3 rings (SSSR count). The van der Waals surface area contributed by atoms with E-state index in [1.807, 2.05) is 29.8 Å². The molecule has 6 heteroatoms. The van der Waals surface area contributed by atoms with Gasteiger partial charge in [-0.2, -0.15) is 5.10 Å². The lowest BCUT2D eigenvalue weighted by Crippen LogP contribution is -2.34. The summed E-state index contributed by atoms with van der Waals surface area (Å²) in [6, 6.07) is 5.76. The zero-order chi connectivity index (χ0) is 14.1. The second kappa shape index (κ2) is 5.42.